The summed E-state index contributed by atoms with van der Waals surface area (Å²) in [7, 11) is 0. The van der Waals surface area contributed by atoms with E-state index in [1.165, 1.54) is 12.1 Å². The van der Waals surface area contributed by atoms with Crippen LogP contribution in [-0.4, -0.2) is 6.61 Å². The molecule has 2 nitrogen and oxygen atoms in total. The minimum Gasteiger partial charge on any atom is -0.491 e. The van der Waals surface area contributed by atoms with Crippen molar-refractivity contribution >= 4 is 0 Å². The molecule has 0 radical (unpaired) electrons. The lowest BCUT2D eigenvalue weighted by molar-refractivity contribution is 0.291. The van der Waals surface area contributed by atoms with Gasteiger partial charge in [0.1, 0.15) is 0 Å². The average Bonchev–Trinajstić information content (AvgIpc) is 2.35. The molecule has 0 saturated heterocycles. The second kappa shape index (κ2) is 7.45. The van der Waals surface area contributed by atoms with Crippen LogP contribution in [0.2, 0.25) is 0 Å². The standard InChI is InChI=1S/C14H16FNO/c1-2-3-4-5-6-9-17-14-8-7-12(11-16)10-13(14)15/h2,7-8,10H,1,3-6,9H2. The van der Waals surface area contributed by atoms with Gasteiger partial charge in [-0.1, -0.05) is 6.08 Å². The van der Waals surface area contributed by atoms with Gasteiger partial charge in [0.05, 0.1) is 18.2 Å². The summed E-state index contributed by atoms with van der Waals surface area (Å²) in [5, 5.41) is 8.58. The maximum absolute atomic E-state index is 13.4. The highest BCUT2D eigenvalue weighted by Crippen LogP contribution is 2.18. The fourth-order valence-corrected chi connectivity index (χ4v) is 1.44. The molecule has 0 unspecified atom stereocenters. The number of allylic oxidation sites excluding steroid dienone is 1. The second-order valence-corrected chi connectivity index (χ2v) is 3.74. The summed E-state index contributed by atoms with van der Waals surface area (Å²) < 4.78 is 18.7. The molecule has 1 rings (SSSR count). The van der Waals surface area contributed by atoms with E-state index in [-0.39, 0.29) is 5.75 Å². The van der Waals surface area contributed by atoms with Crippen LogP contribution in [-0.2, 0) is 0 Å². The molecule has 0 aromatic heterocycles. The van der Waals surface area contributed by atoms with E-state index in [0.29, 0.717) is 12.2 Å². The molecule has 0 amide bonds. The van der Waals surface area contributed by atoms with E-state index >= 15 is 0 Å². The van der Waals surface area contributed by atoms with E-state index in [2.05, 4.69) is 6.58 Å². The van der Waals surface area contributed by atoms with Gasteiger partial charge >= 0.3 is 0 Å². The number of hydrogen-bond donors (Lipinski definition) is 0. The molecule has 0 aliphatic heterocycles. The zero-order valence-corrected chi connectivity index (χ0v) is 9.79. The first-order chi connectivity index (χ1) is 8.27. The number of ether oxygens (including phenoxy) is 1. The van der Waals surface area contributed by atoms with Crippen LogP contribution in [0.4, 0.5) is 4.39 Å². The molecule has 1 aromatic rings. The first-order valence-electron chi connectivity index (χ1n) is 5.71. The van der Waals surface area contributed by atoms with Crippen molar-refractivity contribution < 1.29 is 9.13 Å². The van der Waals surface area contributed by atoms with Gasteiger partial charge in [0, 0.05) is 0 Å². The fraction of sp³-hybridized carbons (Fsp3) is 0.357. The average molecular weight is 233 g/mol. The predicted molar refractivity (Wildman–Crippen MR) is 65.3 cm³/mol. The number of benzene rings is 1. The summed E-state index contributed by atoms with van der Waals surface area (Å²) >= 11 is 0. The van der Waals surface area contributed by atoms with Crippen LogP contribution in [0.25, 0.3) is 0 Å². The van der Waals surface area contributed by atoms with E-state index in [9.17, 15) is 4.39 Å². The number of rotatable bonds is 7. The largest absolute Gasteiger partial charge is 0.491 e. The Kier molecular flexibility index (Phi) is 5.81. The molecule has 1 aromatic carbocycles. The SMILES string of the molecule is C=CCCCCCOc1ccc(C#N)cc1F. The zero-order chi connectivity index (χ0) is 12.5. The topological polar surface area (TPSA) is 33.0 Å². The van der Waals surface area contributed by atoms with Crippen molar-refractivity contribution in [1.29, 1.82) is 5.26 Å². The highest BCUT2D eigenvalue weighted by Gasteiger charge is 2.04. The van der Waals surface area contributed by atoms with Crippen molar-refractivity contribution in [2.75, 3.05) is 6.61 Å². The maximum Gasteiger partial charge on any atom is 0.166 e. The van der Waals surface area contributed by atoms with Crippen molar-refractivity contribution in [2.24, 2.45) is 0 Å². The van der Waals surface area contributed by atoms with Gasteiger partial charge in [-0.3, -0.25) is 0 Å². The van der Waals surface area contributed by atoms with Crippen LogP contribution >= 0.6 is 0 Å². The summed E-state index contributed by atoms with van der Waals surface area (Å²) in [5.41, 5.74) is 0.306. The van der Waals surface area contributed by atoms with E-state index in [1.54, 1.807) is 6.07 Å². The Balaban J connectivity index is 2.32. The summed E-state index contributed by atoms with van der Waals surface area (Å²) in [6, 6.07) is 6.12. The van der Waals surface area contributed by atoms with Gasteiger partial charge in [0.2, 0.25) is 0 Å². The van der Waals surface area contributed by atoms with E-state index in [1.807, 2.05) is 12.1 Å². The summed E-state index contributed by atoms with van der Waals surface area (Å²) in [6.45, 7) is 4.15. The Morgan fingerprint density at radius 3 is 2.82 bits per heavy atom. The third-order valence-corrected chi connectivity index (χ3v) is 2.37. The summed E-state index contributed by atoms with van der Waals surface area (Å²) in [4.78, 5) is 0. The molecule has 0 atom stereocenters. The molecule has 0 aliphatic carbocycles. The van der Waals surface area contributed by atoms with Crippen LogP contribution in [0.1, 0.15) is 31.2 Å². The van der Waals surface area contributed by atoms with Crippen molar-refractivity contribution in [3.05, 3.63) is 42.2 Å². The smallest absolute Gasteiger partial charge is 0.166 e. The third kappa shape index (κ3) is 4.69. The van der Waals surface area contributed by atoms with Crippen LogP contribution < -0.4 is 4.74 Å². The molecule has 0 heterocycles. The van der Waals surface area contributed by atoms with Crippen molar-refractivity contribution in [3.8, 4) is 11.8 Å². The monoisotopic (exact) mass is 233 g/mol. The Labute approximate surface area is 101 Å². The molecular formula is C14H16FNO. The number of nitriles is 1. The van der Waals surface area contributed by atoms with Gasteiger partial charge in [-0.15, -0.1) is 6.58 Å². The van der Waals surface area contributed by atoms with Crippen LogP contribution in [0, 0.1) is 17.1 Å². The van der Waals surface area contributed by atoms with Gasteiger partial charge in [-0.25, -0.2) is 4.39 Å². The number of unbranched alkanes of at least 4 members (excludes halogenated alkanes) is 3. The summed E-state index contributed by atoms with van der Waals surface area (Å²) in [6.07, 6.45) is 5.92. The van der Waals surface area contributed by atoms with Crippen molar-refractivity contribution in [1.82, 2.24) is 0 Å². The molecule has 0 saturated carbocycles. The fourth-order valence-electron chi connectivity index (χ4n) is 1.44. The number of hydrogen-bond acceptors (Lipinski definition) is 2. The quantitative estimate of drug-likeness (QED) is 0.529. The van der Waals surface area contributed by atoms with E-state index in [4.69, 9.17) is 10.00 Å². The molecule has 17 heavy (non-hydrogen) atoms. The number of halogens is 1. The Morgan fingerprint density at radius 1 is 1.35 bits per heavy atom. The summed E-state index contributed by atoms with van der Waals surface area (Å²) in [5.74, 6) is -0.261. The minimum atomic E-state index is -0.477. The van der Waals surface area contributed by atoms with Gasteiger partial charge in [0.15, 0.2) is 11.6 Å². The number of nitrogens with zero attached hydrogens (tertiary/aromatic N) is 1. The first kappa shape index (κ1) is 13.2. The van der Waals surface area contributed by atoms with Gasteiger partial charge < -0.3 is 4.74 Å². The van der Waals surface area contributed by atoms with Crippen molar-refractivity contribution in [3.63, 3.8) is 0 Å². The van der Waals surface area contributed by atoms with E-state index < -0.39 is 5.82 Å². The molecule has 0 aliphatic rings. The molecule has 0 N–H and O–H groups in total. The predicted octanol–water partition coefficient (Wildman–Crippen LogP) is 3.82. The second-order valence-electron chi connectivity index (χ2n) is 3.74. The molecular weight excluding hydrogens is 217 g/mol. The van der Waals surface area contributed by atoms with Gasteiger partial charge in [0.25, 0.3) is 0 Å². The Bertz CT molecular complexity index is 409. The molecule has 0 spiro atoms. The highest BCUT2D eigenvalue weighted by atomic mass is 19.1. The maximum atomic E-state index is 13.4. The van der Waals surface area contributed by atoms with Crippen LogP contribution in [0.3, 0.4) is 0 Å². The van der Waals surface area contributed by atoms with Crippen molar-refractivity contribution in [2.45, 2.75) is 25.7 Å². The molecule has 90 valence electrons. The lowest BCUT2D eigenvalue weighted by Gasteiger charge is -2.06. The lowest BCUT2D eigenvalue weighted by atomic mass is 10.2. The lowest BCUT2D eigenvalue weighted by Crippen LogP contribution is -1.99. The highest BCUT2D eigenvalue weighted by molar-refractivity contribution is 5.35. The van der Waals surface area contributed by atoms with Gasteiger partial charge in [-0.05, 0) is 43.9 Å². The Hall–Kier alpha value is -1.82. The van der Waals surface area contributed by atoms with Crippen LogP contribution in [0.15, 0.2) is 30.9 Å². The molecule has 3 heteroatoms. The van der Waals surface area contributed by atoms with Crippen LogP contribution in [0.5, 0.6) is 5.75 Å². The van der Waals surface area contributed by atoms with Gasteiger partial charge in [-0.2, -0.15) is 5.26 Å². The van der Waals surface area contributed by atoms with E-state index in [0.717, 1.165) is 25.7 Å². The third-order valence-electron chi connectivity index (χ3n) is 2.37. The normalized spacial score (nSPS) is 9.65. The Morgan fingerprint density at radius 2 is 2.18 bits per heavy atom. The molecule has 0 fully saturated rings. The minimum absolute atomic E-state index is 0.215. The zero-order valence-electron chi connectivity index (χ0n) is 9.79. The first-order valence-corrected chi connectivity index (χ1v) is 5.71. The molecule has 0 bridgehead atoms.